The number of hydrogen-bond donors (Lipinski definition) is 2. The van der Waals surface area contributed by atoms with Crippen molar-refractivity contribution in [1.82, 2.24) is 19.9 Å². The summed E-state index contributed by atoms with van der Waals surface area (Å²) in [5, 5.41) is 2.96. The summed E-state index contributed by atoms with van der Waals surface area (Å²) in [6.45, 7) is 0.501. The molecule has 33 heavy (non-hydrogen) atoms. The number of hydrogen-bond acceptors (Lipinski definition) is 6. The molecular formula is C25H19N5O3. The molecule has 162 valence electrons. The zero-order chi connectivity index (χ0) is 22.4. The molecule has 3 heterocycles. The number of nitrogen functional groups attached to an aromatic ring is 1. The highest BCUT2D eigenvalue weighted by atomic mass is 16.7. The minimum atomic E-state index is -0.325. The first kappa shape index (κ1) is 19.1. The number of aromatic nitrogens is 3. The number of fused-ring (bicyclic) bond motifs is 3. The summed E-state index contributed by atoms with van der Waals surface area (Å²) >= 11 is 0. The summed E-state index contributed by atoms with van der Waals surface area (Å²) < 4.78 is 12.5. The summed E-state index contributed by atoms with van der Waals surface area (Å²) in [7, 11) is 0. The van der Waals surface area contributed by atoms with Gasteiger partial charge in [0.2, 0.25) is 6.79 Å². The lowest BCUT2D eigenvalue weighted by Gasteiger charge is -2.08. The van der Waals surface area contributed by atoms with Crippen molar-refractivity contribution >= 4 is 33.9 Å². The van der Waals surface area contributed by atoms with Crippen molar-refractivity contribution in [2.24, 2.45) is 0 Å². The fraction of sp³-hybridized carbons (Fsp3) is 0.0800. The van der Waals surface area contributed by atoms with Crippen LogP contribution in [0, 0.1) is 0 Å². The van der Waals surface area contributed by atoms with E-state index in [9.17, 15) is 4.79 Å². The lowest BCUT2D eigenvalue weighted by Crippen LogP contribution is -2.24. The molecule has 0 atom stereocenters. The predicted octanol–water partition coefficient (Wildman–Crippen LogP) is 3.81. The lowest BCUT2D eigenvalue weighted by atomic mass is 10.2. The molecule has 0 saturated heterocycles. The van der Waals surface area contributed by atoms with Gasteiger partial charge < -0.3 is 20.5 Å². The van der Waals surface area contributed by atoms with Crippen LogP contribution in [0.15, 0.2) is 72.8 Å². The Morgan fingerprint density at radius 3 is 2.48 bits per heavy atom. The quantitative estimate of drug-likeness (QED) is 0.443. The molecule has 3 aromatic carbocycles. The molecule has 0 bridgehead atoms. The van der Waals surface area contributed by atoms with Gasteiger partial charge in [0.1, 0.15) is 16.9 Å². The van der Waals surface area contributed by atoms with E-state index in [0.29, 0.717) is 40.3 Å². The van der Waals surface area contributed by atoms with Gasteiger partial charge in [0.05, 0.1) is 11.0 Å². The third-order valence-corrected chi connectivity index (χ3v) is 5.63. The van der Waals surface area contributed by atoms with E-state index in [1.54, 1.807) is 4.57 Å². The smallest absolute Gasteiger partial charge is 0.257 e. The molecule has 5 aromatic rings. The molecule has 8 heteroatoms. The normalized spacial score (nSPS) is 12.4. The first-order valence-corrected chi connectivity index (χ1v) is 10.5. The fourth-order valence-corrected chi connectivity index (χ4v) is 4.05. The Labute approximate surface area is 188 Å². The van der Waals surface area contributed by atoms with Crippen molar-refractivity contribution in [1.29, 1.82) is 0 Å². The van der Waals surface area contributed by atoms with Gasteiger partial charge in [0.25, 0.3) is 5.91 Å². The van der Waals surface area contributed by atoms with E-state index in [2.05, 4.69) is 5.32 Å². The van der Waals surface area contributed by atoms with E-state index >= 15 is 0 Å². The van der Waals surface area contributed by atoms with Gasteiger partial charge in [-0.05, 0) is 42.0 Å². The van der Waals surface area contributed by atoms with E-state index in [1.165, 1.54) is 0 Å². The van der Waals surface area contributed by atoms with E-state index < -0.39 is 0 Å². The minimum Gasteiger partial charge on any atom is -0.454 e. The van der Waals surface area contributed by atoms with Crippen LogP contribution in [0.5, 0.6) is 11.5 Å². The molecule has 6 rings (SSSR count). The molecule has 1 amide bonds. The maximum atomic E-state index is 13.3. The molecule has 3 N–H and O–H groups in total. The number of amides is 1. The van der Waals surface area contributed by atoms with Crippen molar-refractivity contribution in [3.05, 3.63) is 83.9 Å². The summed E-state index contributed by atoms with van der Waals surface area (Å²) in [6, 6.07) is 22.7. The lowest BCUT2D eigenvalue weighted by molar-refractivity contribution is 0.0953. The number of carbonyl (C=O) groups is 1. The highest BCUT2D eigenvalue weighted by molar-refractivity contribution is 6.11. The third-order valence-electron chi connectivity index (χ3n) is 5.63. The van der Waals surface area contributed by atoms with E-state index in [1.807, 2.05) is 72.8 Å². The number of para-hydroxylation sites is 3. The molecule has 0 fully saturated rings. The Morgan fingerprint density at radius 1 is 0.939 bits per heavy atom. The maximum absolute atomic E-state index is 13.3. The minimum absolute atomic E-state index is 0.202. The van der Waals surface area contributed by atoms with Crippen LogP contribution in [0.3, 0.4) is 0 Å². The summed E-state index contributed by atoms with van der Waals surface area (Å²) in [4.78, 5) is 22.9. The van der Waals surface area contributed by atoms with Crippen LogP contribution in [0.25, 0.3) is 27.9 Å². The Bertz CT molecular complexity index is 1530. The van der Waals surface area contributed by atoms with Crippen molar-refractivity contribution in [2.75, 3.05) is 12.5 Å². The number of carbonyl (C=O) groups excluding carboxylic acids is 1. The number of nitrogens with two attached hydrogens (primary N) is 1. The average molecular weight is 437 g/mol. The second kappa shape index (κ2) is 7.52. The van der Waals surface area contributed by atoms with Gasteiger partial charge in [-0.15, -0.1) is 0 Å². The molecular weight excluding hydrogens is 418 g/mol. The van der Waals surface area contributed by atoms with E-state index in [4.69, 9.17) is 25.2 Å². The number of nitrogens with one attached hydrogen (secondary N) is 1. The van der Waals surface area contributed by atoms with E-state index in [0.717, 1.165) is 16.8 Å². The number of anilines is 1. The number of nitrogens with zero attached hydrogens (tertiary/aromatic N) is 3. The van der Waals surface area contributed by atoms with Crippen molar-refractivity contribution < 1.29 is 14.3 Å². The van der Waals surface area contributed by atoms with Gasteiger partial charge >= 0.3 is 0 Å². The van der Waals surface area contributed by atoms with Crippen LogP contribution in [0.4, 0.5) is 5.82 Å². The van der Waals surface area contributed by atoms with Crippen LogP contribution in [-0.2, 0) is 6.54 Å². The molecule has 1 aliphatic rings. The number of ether oxygens (including phenoxy) is 2. The van der Waals surface area contributed by atoms with Crippen LogP contribution in [0.2, 0.25) is 0 Å². The molecule has 0 saturated carbocycles. The molecule has 1 aliphatic heterocycles. The molecule has 0 radical (unpaired) electrons. The second-order valence-corrected chi connectivity index (χ2v) is 7.69. The topological polar surface area (TPSA) is 104 Å². The second-order valence-electron chi connectivity index (χ2n) is 7.69. The van der Waals surface area contributed by atoms with Crippen LogP contribution in [0.1, 0.15) is 15.9 Å². The average Bonchev–Trinajstić information content (AvgIpc) is 3.42. The number of rotatable bonds is 4. The first-order valence-electron chi connectivity index (χ1n) is 10.5. The zero-order valence-electron chi connectivity index (χ0n) is 17.5. The molecule has 8 nitrogen and oxygen atoms in total. The fourth-order valence-electron chi connectivity index (χ4n) is 4.05. The Morgan fingerprint density at radius 2 is 1.67 bits per heavy atom. The SMILES string of the molecule is Nc1c(C(=O)NCc2ccc3c(c2)OCO3)c2nc3ccccc3nc2n1-c1ccccc1. The molecule has 0 spiro atoms. The molecule has 0 unspecified atom stereocenters. The predicted molar refractivity (Wildman–Crippen MR) is 125 cm³/mol. The maximum Gasteiger partial charge on any atom is 0.257 e. The van der Waals surface area contributed by atoms with Crippen molar-refractivity contribution in [2.45, 2.75) is 6.54 Å². The largest absolute Gasteiger partial charge is 0.454 e. The van der Waals surface area contributed by atoms with Crippen LogP contribution in [-0.4, -0.2) is 27.2 Å². The summed E-state index contributed by atoms with van der Waals surface area (Å²) in [5.74, 6) is 1.32. The Kier molecular flexibility index (Phi) is 4.36. The first-order chi connectivity index (χ1) is 16.2. The van der Waals surface area contributed by atoms with Gasteiger partial charge in [0.15, 0.2) is 17.1 Å². The highest BCUT2D eigenvalue weighted by Gasteiger charge is 2.25. The van der Waals surface area contributed by atoms with Gasteiger partial charge in [-0.3, -0.25) is 9.36 Å². The third kappa shape index (κ3) is 3.20. The zero-order valence-corrected chi connectivity index (χ0v) is 17.5. The van der Waals surface area contributed by atoms with Crippen LogP contribution >= 0.6 is 0 Å². The molecule has 0 aliphatic carbocycles. The van der Waals surface area contributed by atoms with Gasteiger partial charge in [-0.1, -0.05) is 36.4 Å². The van der Waals surface area contributed by atoms with Gasteiger partial charge in [0, 0.05) is 12.2 Å². The van der Waals surface area contributed by atoms with Crippen molar-refractivity contribution in [3.8, 4) is 17.2 Å². The monoisotopic (exact) mass is 437 g/mol. The summed E-state index contributed by atoms with van der Waals surface area (Å²) in [6.07, 6.45) is 0. The van der Waals surface area contributed by atoms with Gasteiger partial charge in [-0.2, -0.15) is 0 Å². The van der Waals surface area contributed by atoms with E-state index in [-0.39, 0.29) is 18.5 Å². The van der Waals surface area contributed by atoms with Crippen LogP contribution < -0.4 is 20.5 Å². The van der Waals surface area contributed by atoms with Gasteiger partial charge in [-0.25, -0.2) is 9.97 Å². The Balaban J connectivity index is 1.43. The number of benzene rings is 3. The summed E-state index contributed by atoms with van der Waals surface area (Å²) in [5.41, 5.74) is 10.9. The Hall–Kier alpha value is -4.59. The molecule has 2 aromatic heterocycles. The highest BCUT2D eigenvalue weighted by Crippen LogP contribution is 2.33. The van der Waals surface area contributed by atoms with Crippen molar-refractivity contribution in [3.63, 3.8) is 0 Å². The standard InChI is InChI=1S/C25H19N5O3/c26-23-21(25(31)27-13-15-10-11-19-20(12-15)33-14-32-19)22-24(30(23)16-6-2-1-3-7-16)29-18-9-5-4-8-17(18)28-22/h1-12H,13-14,26H2,(H,27,31).